The van der Waals surface area contributed by atoms with Gasteiger partial charge in [-0.05, 0) is 119 Å². The summed E-state index contributed by atoms with van der Waals surface area (Å²) in [6, 6.07) is 50.7. The predicted molar refractivity (Wildman–Crippen MR) is 236 cm³/mol. The smallest absolute Gasteiger partial charge is 0.164 e. The summed E-state index contributed by atoms with van der Waals surface area (Å²) in [7, 11) is 0. The van der Waals surface area contributed by atoms with Crippen molar-refractivity contribution in [3.63, 3.8) is 0 Å². The lowest BCUT2D eigenvalue weighted by Gasteiger charge is -2.63. The Bertz CT molecular complexity index is 3030. The van der Waals surface area contributed by atoms with Gasteiger partial charge in [0.15, 0.2) is 17.5 Å². The Morgan fingerprint density at radius 3 is 2.07 bits per heavy atom. The first kappa shape index (κ1) is 34.1. The van der Waals surface area contributed by atoms with Crippen molar-refractivity contribution in [2.24, 2.45) is 11.8 Å². The Morgan fingerprint density at radius 2 is 1.24 bits per heavy atom. The fourth-order valence-electron chi connectivity index (χ4n) is 12.5. The molecule has 13 rings (SSSR count). The van der Waals surface area contributed by atoms with Gasteiger partial charge in [0, 0.05) is 42.3 Å². The van der Waals surface area contributed by atoms with E-state index >= 15 is 0 Å². The molecule has 5 heteroatoms. The van der Waals surface area contributed by atoms with Crippen LogP contribution in [0.2, 0.25) is 0 Å². The third kappa shape index (κ3) is 4.94. The van der Waals surface area contributed by atoms with Crippen LogP contribution < -0.4 is 0 Å². The van der Waals surface area contributed by atoms with Gasteiger partial charge in [0.05, 0.1) is 11.6 Å². The predicted octanol–water partition coefficient (Wildman–Crippen LogP) is 13.2. The molecule has 4 nitrogen and oxygen atoms in total. The van der Waals surface area contributed by atoms with E-state index in [0.29, 0.717) is 23.5 Å². The van der Waals surface area contributed by atoms with Crippen LogP contribution >= 0.6 is 11.3 Å². The van der Waals surface area contributed by atoms with E-state index < -0.39 is 0 Å². The van der Waals surface area contributed by atoms with E-state index in [1.165, 1.54) is 85.7 Å². The molecule has 0 radical (unpaired) electrons. The van der Waals surface area contributed by atoms with Gasteiger partial charge in [-0.3, -0.25) is 0 Å². The molecular weight excluding hydrogens is 725 g/mol. The van der Waals surface area contributed by atoms with Gasteiger partial charge in [-0.25, -0.2) is 15.0 Å². The molecule has 2 aromatic heterocycles. The highest BCUT2D eigenvalue weighted by atomic mass is 32.1. The SMILES string of the molecule is CC1(C)c2ccccc2-c2c(-c3nc(-c4ccccc4)nc(-c4cccc(C56CC7CC(C5)CC(c5cccc8sc9cc(C#N)ccc9c58)(C7)C6)c4)n3)cccc21. The van der Waals surface area contributed by atoms with Gasteiger partial charge in [0.25, 0.3) is 0 Å². The molecule has 0 saturated heterocycles. The van der Waals surface area contributed by atoms with Crippen LogP contribution in [-0.2, 0) is 16.2 Å². The van der Waals surface area contributed by atoms with E-state index in [1.807, 2.05) is 23.5 Å². The second kappa shape index (κ2) is 12.3. The molecule has 2 atom stereocenters. The lowest BCUT2D eigenvalue weighted by atomic mass is 9.41. The molecule has 0 aliphatic heterocycles. The monoisotopic (exact) mass is 766 g/mol. The molecule has 4 fully saturated rings. The van der Waals surface area contributed by atoms with Crippen LogP contribution in [0.4, 0.5) is 0 Å². The molecule has 5 aliphatic carbocycles. The van der Waals surface area contributed by atoms with Crippen LogP contribution in [0.5, 0.6) is 0 Å². The molecule has 6 aromatic carbocycles. The van der Waals surface area contributed by atoms with E-state index in [9.17, 15) is 5.26 Å². The number of aromatic nitrogens is 3. The van der Waals surface area contributed by atoms with Crippen molar-refractivity contribution in [3.05, 3.63) is 161 Å². The summed E-state index contributed by atoms with van der Waals surface area (Å²) in [4.78, 5) is 15.8. The van der Waals surface area contributed by atoms with Crippen LogP contribution in [-0.4, -0.2) is 15.0 Å². The van der Waals surface area contributed by atoms with Crippen molar-refractivity contribution in [2.45, 2.75) is 68.6 Å². The minimum Gasteiger partial charge on any atom is -0.208 e. The number of nitriles is 1. The molecule has 0 spiro atoms. The highest BCUT2D eigenvalue weighted by Crippen LogP contribution is 2.67. The van der Waals surface area contributed by atoms with Crippen LogP contribution in [0.1, 0.15) is 80.2 Å². The molecule has 8 aromatic rings. The quantitative estimate of drug-likeness (QED) is 0.175. The Kier molecular flexibility index (Phi) is 7.22. The summed E-state index contributed by atoms with van der Waals surface area (Å²) in [5, 5.41) is 12.4. The number of nitrogens with zero attached hydrogens (tertiary/aromatic N) is 4. The fraction of sp³-hybridized carbons (Fsp3) is 0.245. The Balaban J connectivity index is 0.994. The third-order valence-electron chi connectivity index (χ3n) is 14.5. The normalized spacial score (nSPS) is 23.5. The average molecular weight is 767 g/mol. The molecule has 4 saturated carbocycles. The molecule has 4 bridgehead atoms. The molecule has 0 N–H and O–H groups in total. The van der Waals surface area contributed by atoms with Crippen molar-refractivity contribution >= 4 is 31.5 Å². The van der Waals surface area contributed by atoms with Crippen molar-refractivity contribution in [1.82, 2.24) is 15.0 Å². The van der Waals surface area contributed by atoms with Gasteiger partial charge < -0.3 is 0 Å². The third-order valence-corrected chi connectivity index (χ3v) is 15.6. The summed E-state index contributed by atoms with van der Waals surface area (Å²) < 4.78 is 2.55. The van der Waals surface area contributed by atoms with Crippen molar-refractivity contribution in [2.75, 3.05) is 0 Å². The Labute approximate surface area is 343 Å². The largest absolute Gasteiger partial charge is 0.208 e. The minimum absolute atomic E-state index is 0.0930. The lowest BCUT2D eigenvalue weighted by molar-refractivity contribution is -0.0274. The number of fused-ring (bicyclic) bond motifs is 6. The summed E-state index contributed by atoms with van der Waals surface area (Å²) in [6.07, 6.45) is 7.50. The van der Waals surface area contributed by atoms with Crippen molar-refractivity contribution in [3.8, 4) is 51.4 Å². The fourth-order valence-corrected chi connectivity index (χ4v) is 13.7. The van der Waals surface area contributed by atoms with Gasteiger partial charge in [0.1, 0.15) is 0 Å². The standard InChI is InChI=1S/C53H42N4S/c1-51(2)41-17-7-6-15-38(41)46-40(16-9-18-42(46)51)50-56-48(35-11-4-3-5-12-35)55-49(57-50)36-13-8-14-37(25-36)52-26-33-23-34(27-52)29-53(28-33,31-52)43-19-10-20-44-47(43)39-22-21-32(30-54)24-45(39)58-44/h3-22,24-25,33-34H,23,26-29,31H2,1-2H3. The Hall–Kier alpha value is -5.96. The molecule has 280 valence electrons. The molecule has 58 heavy (non-hydrogen) atoms. The van der Waals surface area contributed by atoms with E-state index in [-0.39, 0.29) is 16.2 Å². The first-order chi connectivity index (χ1) is 28.3. The maximum absolute atomic E-state index is 9.67. The van der Waals surface area contributed by atoms with E-state index in [0.717, 1.165) is 34.5 Å². The number of benzene rings is 6. The maximum atomic E-state index is 9.67. The van der Waals surface area contributed by atoms with Crippen molar-refractivity contribution < 1.29 is 0 Å². The molecule has 2 heterocycles. The highest BCUT2D eigenvalue weighted by Gasteiger charge is 2.59. The number of hydrogen-bond donors (Lipinski definition) is 0. The Morgan fingerprint density at radius 1 is 0.586 bits per heavy atom. The average Bonchev–Trinajstić information content (AvgIpc) is 3.75. The zero-order valence-electron chi connectivity index (χ0n) is 32.8. The van der Waals surface area contributed by atoms with Crippen molar-refractivity contribution in [1.29, 1.82) is 5.26 Å². The zero-order chi connectivity index (χ0) is 38.8. The van der Waals surface area contributed by atoms with Crippen LogP contribution in [0.3, 0.4) is 0 Å². The summed E-state index contributed by atoms with van der Waals surface area (Å²) in [5.41, 5.74) is 12.0. The van der Waals surface area contributed by atoms with Crippen LogP contribution in [0, 0.1) is 23.2 Å². The lowest BCUT2D eigenvalue weighted by Crippen LogP contribution is -2.56. The molecule has 5 aliphatic rings. The van der Waals surface area contributed by atoms with Gasteiger partial charge in [-0.1, -0.05) is 123 Å². The van der Waals surface area contributed by atoms with E-state index in [4.69, 9.17) is 15.0 Å². The number of hydrogen-bond acceptors (Lipinski definition) is 5. The summed E-state index contributed by atoms with van der Waals surface area (Å²) >= 11 is 1.84. The number of rotatable bonds is 5. The zero-order valence-corrected chi connectivity index (χ0v) is 33.6. The summed E-state index contributed by atoms with van der Waals surface area (Å²) in [6.45, 7) is 4.65. The second-order valence-corrected chi connectivity index (χ2v) is 19.4. The van der Waals surface area contributed by atoms with Gasteiger partial charge in [-0.15, -0.1) is 11.3 Å². The molecular formula is C53H42N4S. The second-order valence-electron chi connectivity index (χ2n) is 18.3. The molecule has 0 amide bonds. The highest BCUT2D eigenvalue weighted by molar-refractivity contribution is 7.25. The first-order valence-electron chi connectivity index (χ1n) is 20.8. The minimum atomic E-state index is -0.118. The van der Waals surface area contributed by atoms with Gasteiger partial charge in [0.2, 0.25) is 0 Å². The molecule has 2 unspecified atom stereocenters. The summed E-state index contributed by atoms with van der Waals surface area (Å²) in [5.74, 6) is 3.54. The van der Waals surface area contributed by atoms with Crippen LogP contribution in [0.15, 0.2) is 133 Å². The van der Waals surface area contributed by atoms with E-state index in [2.05, 4.69) is 141 Å². The topological polar surface area (TPSA) is 62.5 Å². The number of thiophene rings is 1. The van der Waals surface area contributed by atoms with E-state index in [1.54, 1.807) is 0 Å². The van der Waals surface area contributed by atoms with Gasteiger partial charge >= 0.3 is 0 Å². The first-order valence-corrected chi connectivity index (χ1v) is 21.6. The van der Waals surface area contributed by atoms with Crippen LogP contribution in [0.25, 0.3) is 65.5 Å². The van der Waals surface area contributed by atoms with Gasteiger partial charge in [-0.2, -0.15) is 5.26 Å². The maximum Gasteiger partial charge on any atom is 0.164 e.